The molecule has 0 unspecified atom stereocenters. The third-order valence-corrected chi connectivity index (χ3v) is 3.58. The summed E-state index contributed by atoms with van der Waals surface area (Å²) < 4.78 is 18.8. The molecule has 0 heterocycles. The summed E-state index contributed by atoms with van der Waals surface area (Å²) >= 11 is 3.01. The molecule has 0 saturated heterocycles. The summed E-state index contributed by atoms with van der Waals surface area (Å²) in [4.78, 5) is 22.1. The fourth-order valence-electron chi connectivity index (χ4n) is 1.76. The number of hydrogen-bond acceptors (Lipinski definition) is 5. The van der Waals surface area contributed by atoms with E-state index in [4.69, 9.17) is 10.00 Å². The quantitative estimate of drug-likeness (QED) is 0.459. The highest BCUT2D eigenvalue weighted by Gasteiger charge is 2.17. The lowest BCUT2D eigenvalue weighted by atomic mass is 10.1. The van der Waals surface area contributed by atoms with Gasteiger partial charge in [0.1, 0.15) is 12.4 Å². The summed E-state index contributed by atoms with van der Waals surface area (Å²) in [6.07, 6.45) is 0. The van der Waals surface area contributed by atoms with Gasteiger partial charge in [0.2, 0.25) is 0 Å². The number of carbonyl (C=O) groups is 1. The van der Waals surface area contributed by atoms with E-state index in [0.29, 0.717) is 0 Å². The molecule has 0 fully saturated rings. The number of nitriles is 1. The van der Waals surface area contributed by atoms with Crippen LogP contribution in [-0.4, -0.2) is 10.9 Å². The first-order valence-corrected chi connectivity index (χ1v) is 7.01. The third-order valence-electron chi connectivity index (χ3n) is 2.91. The number of nitro groups is 1. The molecular formula is C15H8BrFN2O4. The normalized spacial score (nSPS) is 9.96. The lowest BCUT2D eigenvalue weighted by molar-refractivity contribution is -0.385. The molecule has 0 radical (unpaired) electrons. The van der Waals surface area contributed by atoms with E-state index >= 15 is 0 Å². The molecule has 0 aliphatic carbocycles. The maximum Gasteiger partial charge on any atom is 0.338 e. The minimum absolute atomic E-state index is 0.0308. The fraction of sp³-hybridized carbons (Fsp3) is 0.0667. The van der Waals surface area contributed by atoms with E-state index in [1.54, 1.807) is 0 Å². The van der Waals surface area contributed by atoms with E-state index in [-0.39, 0.29) is 33.5 Å². The first-order chi connectivity index (χ1) is 10.9. The van der Waals surface area contributed by atoms with Crippen LogP contribution in [0, 0.1) is 27.3 Å². The van der Waals surface area contributed by atoms with E-state index in [0.717, 1.165) is 12.1 Å². The van der Waals surface area contributed by atoms with Crippen LogP contribution in [0.25, 0.3) is 0 Å². The van der Waals surface area contributed by atoms with Gasteiger partial charge in [-0.2, -0.15) is 5.26 Å². The monoisotopic (exact) mass is 378 g/mol. The maximum atomic E-state index is 13.6. The number of hydrogen-bond donors (Lipinski definition) is 0. The predicted molar refractivity (Wildman–Crippen MR) is 81.0 cm³/mol. The van der Waals surface area contributed by atoms with Gasteiger partial charge in [-0.3, -0.25) is 10.1 Å². The molecule has 2 aromatic rings. The minimum Gasteiger partial charge on any atom is -0.457 e. The summed E-state index contributed by atoms with van der Waals surface area (Å²) in [5.74, 6) is -1.44. The van der Waals surface area contributed by atoms with Gasteiger partial charge in [-0.25, -0.2) is 9.18 Å². The molecule has 0 amide bonds. The Hall–Kier alpha value is -2.79. The van der Waals surface area contributed by atoms with Gasteiger partial charge in [0.05, 0.1) is 26.6 Å². The number of carbonyl (C=O) groups excluding carboxylic acids is 1. The molecule has 0 aliphatic heterocycles. The van der Waals surface area contributed by atoms with Crippen LogP contribution in [0.3, 0.4) is 0 Å². The first-order valence-electron chi connectivity index (χ1n) is 6.22. The summed E-state index contributed by atoms with van der Waals surface area (Å²) in [6.45, 7) is -0.385. The van der Waals surface area contributed by atoms with Crippen molar-refractivity contribution in [2.24, 2.45) is 0 Å². The van der Waals surface area contributed by atoms with Crippen LogP contribution in [0.5, 0.6) is 0 Å². The zero-order valence-electron chi connectivity index (χ0n) is 11.5. The summed E-state index contributed by atoms with van der Waals surface area (Å²) in [5.41, 5.74) is -0.0328. The second-order valence-corrected chi connectivity index (χ2v) is 5.27. The van der Waals surface area contributed by atoms with E-state index in [1.165, 1.54) is 24.3 Å². The van der Waals surface area contributed by atoms with Crippen molar-refractivity contribution >= 4 is 27.6 Å². The molecule has 23 heavy (non-hydrogen) atoms. The SMILES string of the molecule is N#Cc1ccc(F)c(COC(=O)c2ccc(Br)c([N+](=O)[O-])c2)c1. The van der Waals surface area contributed by atoms with Crippen molar-refractivity contribution in [1.82, 2.24) is 0 Å². The van der Waals surface area contributed by atoms with Gasteiger partial charge in [0.15, 0.2) is 0 Å². The van der Waals surface area contributed by atoms with E-state index in [2.05, 4.69) is 15.9 Å². The Kier molecular flexibility index (Phi) is 5.03. The summed E-state index contributed by atoms with van der Waals surface area (Å²) in [7, 11) is 0. The smallest absolute Gasteiger partial charge is 0.338 e. The molecule has 6 nitrogen and oxygen atoms in total. The van der Waals surface area contributed by atoms with Crippen LogP contribution in [-0.2, 0) is 11.3 Å². The zero-order valence-corrected chi connectivity index (χ0v) is 13.0. The van der Waals surface area contributed by atoms with Crippen molar-refractivity contribution in [3.05, 3.63) is 73.5 Å². The maximum absolute atomic E-state index is 13.6. The predicted octanol–water partition coefficient (Wildman–Crippen LogP) is 3.73. The highest BCUT2D eigenvalue weighted by molar-refractivity contribution is 9.10. The van der Waals surface area contributed by atoms with E-state index < -0.39 is 16.7 Å². The molecule has 0 atom stereocenters. The Labute approximate surface area is 138 Å². The largest absolute Gasteiger partial charge is 0.457 e. The number of ether oxygens (including phenoxy) is 1. The van der Waals surface area contributed by atoms with Crippen LogP contribution < -0.4 is 0 Å². The van der Waals surface area contributed by atoms with Crippen LogP contribution in [0.1, 0.15) is 21.5 Å². The van der Waals surface area contributed by atoms with Crippen molar-refractivity contribution in [1.29, 1.82) is 5.26 Å². The topological polar surface area (TPSA) is 93.2 Å². The first kappa shape index (κ1) is 16.6. The number of rotatable bonds is 4. The Morgan fingerprint density at radius 2 is 2.09 bits per heavy atom. The standard InChI is InChI=1S/C15H8BrFN2O4/c16-12-3-2-10(6-14(12)19(21)22)15(20)23-8-11-5-9(7-18)1-4-13(11)17/h1-6H,8H2. The second kappa shape index (κ2) is 6.98. The van der Waals surface area contributed by atoms with Gasteiger partial charge < -0.3 is 4.74 Å². The Morgan fingerprint density at radius 3 is 2.74 bits per heavy atom. The lowest BCUT2D eigenvalue weighted by Gasteiger charge is -2.07. The second-order valence-electron chi connectivity index (χ2n) is 4.42. The van der Waals surface area contributed by atoms with Gasteiger partial charge in [0.25, 0.3) is 5.69 Å². The van der Waals surface area contributed by atoms with Gasteiger partial charge >= 0.3 is 5.97 Å². The molecular weight excluding hydrogens is 371 g/mol. The minimum atomic E-state index is -0.831. The highest BCUT2D eigenvalue weighted by Crippen LogP contribution is 2.26. The van der Waals surface area contributed by atoms with Gasteiger partial charge in [0, 0.05) is 11.6 Å². The lowest BCUT2D eigenvalue weighted by Crippen LogP contribution is -2.07. The Morgan fingerprint density at radius 1 is 1.35 bits per heavy atom. The van der Waals surface area contributed by atoms with Crippen LogP contribution in [0.15, 0.2) is 40.9 Å². The third kappa shape index (κ3) is 3.90. The van der Waals surface area contributed by atoms with Gasteiger partial charge in [-0.15, -0.1) is 0 Å². The number of halogens is 2. The average molecular weight is 379 g/mol. The van der Waals surface area contributed by atoms with Crippen molar-refractivity contribution in [2.45, 2.75) is 6.61 Å². The van der Waals surface area contributed by atoms with E-state index in [1.807, 2.05) is 6.07 Å². The summed E-state index contributed by atoms with van der Waals surface area (Å²) in [5, 5.41) is 19.6. The molecule has 0 spiro atoms. The summed E-state index contributed by atoms with van der Waals surface area (Å²) in [6, 6.07) is 9.30. The molecule has 0 bridgehead atoms. The highest BCUT2D eigenvalue weighted by atomic mass is 79.9. The molecule has 0 N–H and O–H groups in total. The molecule has 0 aromatic heterocycles. The zero-order chi connectivity index (χ0) is 17.0. The van der Waals surface area contributed by atoms with Crippen LogP contribution >= 0.6 is 15.9 Å². The number of esters is 1. The van der Waals surface area contributed by atoms with Crippen LogP contribution in [0.2, 0.25) is 0 Å². The molecule has 0 saturated carbocycles. The van der Waals surface area contributed by atoms with Crippen LogP contribution in [0.4, 0.5) is 10.1 Å². The van der Waals surface area contributed by atoms with Gasteiger partial charge in [-0.05, 0) is 46.3 Å². The molecule has 116 valence electrons. The van der Waals surface area contributed by atoms with Crippen molar-refractivity contribution in [2.75, 3.05) is 0 Å². The number of nitro benzene ring substituents is 1. The Bertz CT molecular complexity index is 833. The molecule has 2 rings (SSSR count). The average Bonchev–Trinajstić information content (AvgIpc) is 2.54. The Balaban J connectivity index is 2.16. The fourth-order valence-corrected chi connectivity index (χ4v) is 2.15. The molecule has 8 heteroatoms. The number of nitrogens with zero attached hydrogens (tertiary/aromatic N) is 2. The van der Waals surface area contributed by atoms with Crippen molar-refractivity contribution < 1.29 is 18.8 Å². The number of benzene rings is 2. The molecule has 2 aromatic carbocycles. The molecule has 0 aliphatic rings. The van der Waals surface area contributed by atoms with Crippen molar-refractivity contribution in [3.8, 4) is 6.07 Å². The van der Waals surface area contributed by atoms with Gasteiger partial charge in [-0.1, -0.05) is 0 Å². The van der Waals surface area contributed by atoms with Crippen molar-refractivity contribution in [3.63, 3.8) is 0 Å². The van der Waals surface area contributed by atoms with E-state index in [9.17, 15) is 19.3 Å².